The lowest BCUT2D eigenvalue weighted by atomic mass is 10.1. The zero-order valence-corrected chi connectivity index (χ0v) is 12.4. The van der Waals surface area contributed by atoms with Gasteiger partial charge in [-0.2, -0.15) is 0 Å². The van der Waals surface area contributed by atoms with Gasteiger partial charge >= 0.3 is 11.9 Å². The highest BCUT2D eigenvalue weighted by Gasteiger charge is 2.07. The minimum absolute atomic E-state index is 0.216. The molecule has 0 atom stereocenters. The van der Waals surface area contributed by atoms with Crippen LogP contribution in [0.2, 0.25) is 0 Å². The van der Waals surface area contributed by atoms with Crippen molar-refractivity contribution in [3.63, 3.8) is 0 Å². The molecule has 116 valence electrons. The van der Waals surface area contributed by atoms with Crippen LogP contribution in [-0.2, 0) is 11.3 Å². The van der Waals surface area contributed by atoms with E-state index in [4.69, 9.17) is 10.2 Å². The Morgan fingerprint density at radius 2 is 1.71 bits per heavy atom. The van der Waals surface area contributed by atoms with Crippen molar-refractivity contribution >= 4 is 11.9 Å². The number of unbranched alkanes of at least 4 members (excludes halogenated alkanes) is 1. The molecule has 0 spiro atoms. The van der Waals surface area contributed by atoms with Gasteiger partial charge in [0, 0.05) is 13.0 Å². The summed E-state index contributed by atoms with van der Waals surface area (Å²) in [6.07, 6.45) is 2.80. The van der Waals surface area contributed by atoms with Crippen LogP contribution in [0, 0.1) is 0 Å². The Kier molecular flexibility index (Phi) is 7.46. The molecule has 2 N–H and O–H groups in total. The third kappa shape index (κ3) is 6.90. The number of aliphatic carboxylic acids is 1. The fourth-order valence-corrected chi connectivity index (χ4v) is 2.21. The summed E-state index contributed by atoms with van der Waals surface area (Å²) in [5.41, 5.74) is 1.37. The van der Waals surface area contributed by atoms with E-state index in [-0.39, 0.29) is 6.42 Å². The van der Waals surface area contributed by atoms with Gasteiger partial charge in [0.1, 0.15) is 0 Å². The molecule has 0 radical (unpaired) electrons. The van der Waals surface area contributed by atoms with Crippen molar-refractivity contribution in [3.8, 4) is 0 Å². The van der Waals surface area contributed by atoms with Crippen LogP contribution in [0.1, 0.15) is 48.5 Å². The zero-order valence-electron chi connectivity index (χ0n) is 12.4. The Labute approximate surface area is 125 Å². The maximum Gasteiger partial charge on any atom is 0.335 e. The molecule has 1 aromatic carbocycles. The topological polar surface area (TPSA) is 77.8 Å². The lowest BCUT2D eigenvalue weighted by Gasteiger charge is -2.21. The molecule has 21 heavy (non-hydrogen) atoms. The standard InChI is InChI=1S/C16H23NO4/c1-2-10-17(11-4-3-5-15(18)19)12-13-6-8-14(9-7-13)16(20)21/h6-9H,2-5,10-12H2,1H3,(H,18,19)(H,20,21). The van der Waals surface area contributed by atoms with E-state index in [1.165, 1.54) is 0 Å². The molecule has 0 aliphatic heterocycles. The van der Waals surface area contributed by atoms with E-state index < -0.39 is 11.9 Å². The Balaban J connectivity index is 2.48. The Morgan fingerprint density at radius 1 is 1.05 bits per heavy atom. The van der Waals surface area contributed by atoms with E-state index in [0.717, 1.165) is 38.0 Å². The van der Waals surface area contributed by atoms with Crippen LogP contribution in [0.4, 0.5) is 0 Å². The number of carboxylic acids is 2. The van der Waals surface area contributed by atoms with E-state index >= 15 is 0 Å². The van der Waals surface area contributed by atoms with Crippen LogP contribution in [0.15, 0.2) is 24.3 Å². The normalized spacial score (nSPS) is 10.8. The predicted octanol–water partition coefficient (Wildman–Crippen LogP) is 2.85. The van der Waals surface area contributed by atoms with Gasteiger partial charge in [0.25, 0.3) is 0 Å². The molecule has 0 amide bonds. The average Bonchev–Trinajstić information content (AvgIpc) is 2.44. The molecule has 1 aromatic rings. The van der Waals surface area contributed by atoms with E-state index in [1.807, 2.05) is 12.1 Å². The zero-order chi connectivity index (χ0) is 15.7. The van der Waals surface area contributed by atoms with E-state index in [2.05, 4.69) is 11.8 Å². The van der Waals surface area contributed by atoms with Crippen LogP contribution in [0.3, 0.4) is 0 Å². The van der Waals surface area contributed by atoms with Crippen LogP contribution < -0.4 is 0 Å². The second kappa shape index (κ2) is 9.13. The number of hydrogen-bond acceptors (Lipinski definition) is 3. The second-order valence-corrected chi connectivity index (χ2v) is 5.13. The summed E-state index contributed by atoms with van der Waals surface area (Å²) in [5, 5.41) is 17.5. The minimum atomic E-state index is -0.916. The van der Waals surface area contributed by atoms with Gasteiger partial charge < -0.3 is 10.2 Å². The molecule has 0 aromatic heterocycles. The highest BCUT2D eigenvalue weighted by atomic mass is 16.4. The van der Waals surface area contributed by atoms with E-state index in [1.54, 1.807) is 12.1 Å². The lowest BCUT2D eigenvalue weighted by Crippen LogP contribution is -2.25. The second-order valence-electron chi connectivity index (χ2n) is 5.13. The number of carbonyl (C=O) groups is 2. The lowest BCUT2D eigenvalue weighted by molar-refractivity contribution is -0.137. The minimum Gasteiger partial charge on any atom is -0.481 e. The molecule has 0 unspecified atom stereocenters. The Bertz CT molecular complexity index is 456. The number of hydrogen-bond donors (Lipinski definition) is 2. The van der Waals surface area contributed by atoms with Crippen LogP contribution in [0.5, 0.6) is 0 Å². The summed E-state index contributed by atoms with van der Waals surface area (Å²) >= 11 is 0. The van der Waals surface area contributed by atoms with Gasteiger partial charge in [0.2, 0.25) is 0 Å². The number of aromatic carboxylic acids is 1. The molecule has 0 heterocycles. The smallest absolute Gasteiger partial charge is 0.335 e. The third-order valence-electron chi connectivity index (χ3n) is 3.26. The van der Waals surface area contributed by atoms with Gasteiger partial charge in [-0.05, 0) is 50.0 Å². The van der Waals surface area contributed by atoms with Gasteiger partial charge in [-0.15, -0.1) is 0 Å². The van der Waals surface area contributed by atoms with Crippen molar-refractivity contribution in [1.29, 1.82) is 0 Å². The number of rotatable bonds is 10. The van der Waals surface area contributed by atoms with Gasteiger partial charge in [-0.3, -0.25) is 9.69 Å². The molecule has 0 aliphatic rings. The largest absolute Gasteiger partial charge is 0.481 e. The first kappa shape index (κ1) is 17.2. The molecular weight excluding hydrogens is 270 g/mol. The van der Waals surface area contributed by atoms with Crippen LogP contribution in [0.25, 0.3) is 0 Å². The molecule has 1 rings (SSSR count). The summed E-state index contributed by atoms with van der Waals surface area (Å²) in [6, 6.07) is 6.91. The van der Waals surface area contributed by atoms with Crippen molar-refractivity contribution in [3.05, 3.63) is 35.4 Å². The van der Waals surface area contributed by atoms with Crippen molar-refractivity contribution in [2.75, 3.05) is 13.1 Å². The van der Waals surface area contributed by atoms with E-state index in [9.17, 15) is 9.59 Å². The Hall–Kier alpha value is -1.88. The number of benzene rings is 1. The van der Waals surface area contributed by atoms with Gasteiger partial charge in [0.05, 0.1) is 5.56 Å². The van der Waals surface area contributed by atoms with Crippen molar-refractivity contribution in [1.82, 2.24) is 4.90 Å². The number of carboxylic acid groups (broad SMARTS) is 2. The number of nitrogens with zero attached hydrogens (tertiary/aromatic N) is 1. The molecule has 0 bridgehead atoms. The summed E-state index contributed by atoms with van der Waals surface area (Å²) < 4.78 is 0. The summed E-state index contributed by atoms with van der Waals surface area (Å²) in [7, 11) is 0. The quantitative estimate of drug-likeness (QED) is 0.649. The summed E-state index contributed by atoms with van der Waals surface area (Å²) in [6.45, 7) is 4.69. The molecule has 5 heteroatoms. The highest BCUT2D eigenvalue weighted by molar-refractivity contribution is 5.87. The Morgan fingerprint density at radius 3 is 2.24 bits per heavy atom. The fourth-order valence-electron chi connectivity index (χ4n) is 2.21. The highest BCUT2D eigenvalue weighted by Crippen LogP contribution is 2.10. The SMILES string of the molecule is CCCN(CCCCC(=O)O)Cc1ccc(C(=O)O)cc1. The molecule has 5 nitrogen and oxygen atoms in total. The predicted molar refractivity (Wildman–Crippen MR) is 80.5 cm³/mol. The van der Waals surface area contributed by atoms with Gasteiger partial charge in [-0.1, -0.05) is 19.1 Å². The first-order valence-electron chi connectivity index (χ1n) is 7.29. The van der Waals surface area contributed by atoms with Crippen molar-refractivity contribution in [2.24, 2.45) is 0 Å². The molecule has 0 aliphatic carbocycles. The van der Waals surface area contributed by atoms with Crippen LogP contribution >= 0.6 is 0 Å². The monoisotopic (exact) mass is 293 g/mol. The van der Waals surface area contributed by atoms with Gasteiger partial charge in [0.15, 0.2) is 0 Å². The maximum atomic E-state index is 10.8. The molecule has 0 saturated heterocycles. The fraction of sp³-hybridized carbons (Fsp3) is 0.500. The van der Waals surface area contributed by atoms with Crippen molar-refractivity contribution < 1.29 is 19.8 Å². The van der Waals surface area contributed by atoms with Crippen molar-refractivity contribution in [2.45, 2.75) is 39.2 Å². The van der Waals surface area contributed by atoms with E-state index in [0.29, 0.717) is 12.0 Å². The summed E-state index contributed by atoms with van der Waals surface area (Å²) in [4.78, 5) is 23.6. The molecule has 0 fully saturated rings. The maximum absolute atomic E-state index is 10.8. The summed E-state index contributed by atoms with van der Waals surface area (Å²) in [5.74, 6) is -1.66. The molecule has 0 saturated carbocycles. The van der Waals surface area contributed by atoms with Crippen LogP contribution in [-0.4, -0.2) is 40.1 Å². The average molecular weight is 293 g/mol. The third-order valence-corrected chi connectivity index (χ3v) is 3.26. The first-order chi connectivity index (χ1) is 10.0. The molecular formula is C16H23NO4. The van der Waals surface area contributed by atoms with Gasteiger partial charge in [-0.25, -0.2) is 4.79 Å². The first-order valence-corrected chi connectivity index (χ1v) is 7.29.